The van der Waals surface area contributed by atoms with Crippen LogP contribution in [0.2, 0.25) is 0 Å². The molecule has 0 radical (unpaired) electrons. The average Bonchev–Trinajstić information content (AvgIpc) is 2.83. The number of hydrogen-bond acceptors (Lipinski definition) is 3. The summed E-state index contributed by atoms with van der Waals surface area (Å²) in [6.45, 7) is 3.01. The Morgan fingerprint density at radius 1 is 0.781 bits per heavy atom. The Labute approximate surface area is 189 Å². The highest BCUT2D eigenvalue weighted by atomic mass is 16.5. The Balaban J connectivity index is 1.56. The van der Waals surface area contributed by atoms with Crippen molar-refractivity contribution in [1.29, 1.82) is 0 Å². The first-order chi connectivity index (χ1) is 15.6. The molecule has 4 nitrogen and oxygen atoms in total. The Hall–Kier alpha value is -3.79. The van der Waals surface area contributed by atoms with Crippen molar-refractivity contribution >= 4 is 16.7 Å². The van der Waals surface area contributed by atoms with E-state index >= 15 is 0 Å². The molecule has 0 saturated heterocycles. The number of carbonyl (C=O) groups excluding carboxylic acids is 1. The topological polar surface area (TPSA) is 38.8 Å². The van der Waals surface area contributed by atoms with Gasteiger partial charge in [-0.2, -0.15) is 0 Å². The van der Waals surface area contributed by atoms with Crippen molar-refractivity contribution in [2.45, 2.75) is 20.0 Å². The molecule has 32 heavy (non-hydrogen) atoms. The van der Waals surface area contributed by atoms with Crippen LogP contribution < -0.4 is 9.47 Å². The van der Waals surface area contributed by atoms with E-state index in [0.717, 1.165) is 33.2 Å². The van der Waals surface area contributed by atoms with Gasteiger partial charge in [0.15, 0.2) is 6.61 Å². The van der Waals surface area contributed by atoms with E-state index in [2.05, 4.69) is 24.3 Å². The quantitative estimate of drug-likeness (QED) is 0.360. The molecule has 0 aliphatic carbocycles. The lowest BCUT2D eigenvalue weighted by Gasteiger charge is -2.24. The molecule has 0 aromatic heterocycles. The molecule has 0 fully saturated rings. The number of aryl methyl sites for hydroxylation is 1. The number of carbonyl (C=O) groups is 1. The number of hydrogen-bond donors (Lipinski definition) is 0. The predicted molar refractivity (Wildman–Crippen MR) is 128 cm³/mol. The van der Waals surface area contributed by atoms with Crippen LogP contribution in [0.15, 0.2) is 91.0 Å². The van der Waals surface area contributed by atoms with E-state index in [1.807, 2.05) is 78.6 Å². The van der Waals surface area contributed by atoms with Gasteiger partial charge in [-0.25, -0.2) is 0 Å². The molecule has 0 saturated carbocycles. The van der Waals surface area contributed by atoms with Crippen LogP contribution in [0.5, 0.6) is 11.5 Å². The van der Waals surface area contributed by atoms with Crippen LogP contribution in [0, 0.1) is 6.92 Å². The fourth-order valence-electron chi connectivity index (χ4n) is 3.69. The third kappa shape index (κ3) is 5.27. The molecule has 4 aromatic rings. The highest BCUT2D eigenvalue weighted by Crippen LogP contribution is 2.22. The van der Waals surface area contributed by atoms with E-state index in [9.17, 15) is 4.79 Å². The predicted octanol–water partition coefficient (Wildman–Crippen LogP) is 5.76. The second-order valence-electron chi connectivity index (χ2n) is 7.84. The van der Waals surface area contributed by atoms with Gasteiger partial charge in [-0.15, -0.1) is 0 Å². The minimum Gasteiger partial charge on any atom is -0.497 e. The summed E-state index contributed by atoms with van der Waals surface area (Å²) in [6.07, 6.45) is 0. The van der Waals surface area contributed by atoms with Crippen molar-refractivity contribution in [3.8, 4) is 11.5 Å². The lowest BCUT2D eigenvalue weighted by Crippen LogP contribution is -2.34. The Bertz CT molecular complexity index is 1180. The van der Waals surface area contributed by atoms with Crippen LogP contribution in [0.1, 0.15) is 16.7 Å². The van der Waals surface area contributed by atoms with Gasteiger partial charge in [-0.1, -0.05) is 72.3 Å². The number of fused-ring (bicyclic) bond motifs is 1. The second kappa shape index (κ2) is 10.0. The molecule has 0 spiro atoms. The van der Waals surface area contributed by atoms with Gasteiger partial charge < -0.3 is 14.4 Å². The first kappa shape index (κ1) is 21.4. The lowest BCUT2D eigenvalue weighted by atomic mass is 10.0. The summed E-state index contributed by atoms with van der Waals surface area (Å²) in [6, 6.07) is 30.0. The Morgan fingerprint density at radius 3 is 2.22 bits per heavy atom. The molecular formula is C28H27NO3. The Morgan fingerprint density at radius 2 is 1.47 bits per heavy atom. The molecule has 4 aromatic carbocycles. The van der Waals surface area contributed by atoms with Crippen molar-refractivity contribution in [2.24, 2.45) is 0 Å². The summed E-state index contributed by atoms with van der Waals surface area (Å²) >= 11 is 0. The molecule has 0 aliphatic rings. The van der Waals surface area contributed by atoms with Crippen LogP contribution in [0.4, 0.5) is 0 Å². The van der Waals surface area contributed by atoms with E-state index in [1.165, 1.54) is 0 Å². The van der Waals surface area contributed by atoms with Crippen molar-refractivity contribution < 1.29 is 14.3 Å². The van der Waals surface area contributed by atoms with Crippen molar-refractivity contribution in [2.75, 3.05) is 13.7 Å². The molecule has 0 N–H and O–H groups in total. The molecule has 0 heterocycles. The molecule has 0 unspecified atom stereocenters. The van der Waals surface area contributed by atoms with Gasteiger partial charge in [0.2, 0.25) is 0 Å². The summed E-state index contributed by atoms with van der Waals surface area (Å²) in [5, 5.41) is 2.32. The molecule has 1 amide bonds. The van der Waals surface area contributed by atoms with Crippen LogP contribution in [-0.2, 0) is 17.9 Å². The van der Waals surface area contributed by atoms with Crippen LogP contribution in [-0.4, -0.2) is 24.5 Å². The fourth-order valence-corrected chi connectivity index (χ4v) is 3.69. The van der Waals surface area contributed by atoms with Crippen molar-refractivity contribution in [3.05, 3.63) is 108 Å². The maximum atomic E-state index is 13.2. The fraction of sp³-hybridized carbons (Fsp3) is 0.179. The molecular weight excluding hydrogens is 398 g/mol. The van der Waals surface area contributed by atoms with Crippen LogP contribution in [0.3, 0.4) is 0 Å². The normalized spacial score (nSPS) is 10.7. The van der Waals surface area contributed by atoms with Crippen LogP contribution in [0.25, 0.3) is 10.8 Å². The largest absolute Gasteiger partial charge is 0.497 e. The number of ether oxygens (including phenoxy) is 2. The third-order valence-corrected chi connectivity index (χ3v) is 5.51. The first-order valence-electron chi connectivity index (χ1n) is 10.7. The van der Waals surface area contributed by atoms with Gasteiger partial charge in [0.05, 0.1) is 7.11 Å². The molecule has 0 atom stereocenters. The van der Waals surface area contributed by atoms with E-state index in [-0.39, 0.29) is 12.5 Å². The van der Waals surface area contributed by atoms with Gasteiger partial charge in [0.25, 0.3) is 5.91 Å². The third-order valence-electron chi connectivity index (χ3n) is 5.51. The molecule has 4 heteroatoms. The molecule has 0 bridgehead atoms. The van der Waals surface area contributed by atoms with Crippen LogP contribution >= 0.6 is 0 Å². The number of methoxy groups -OCH3 is 1. The SMILES string of the molecule is COc1ccc(CN(Cc2cccc3ccccc23)C(=O)COc2ccc(C)cc2)cc1. The standard InChI is InChI=1S/C28H27NO3/c1-21-10-14-26(15-11-21)32-20-28(30)29(18-22-12-16-25(31-2)17-13-22)19-24-8-5-7-23-6-3-4-9-27(23)24/h3-17H,18-20H2,1-2H3. The first-order valence-corrected chi connectivity index (χ1v) is 10.7. The average molecular weight is 426 g/mol. The van der Waals surface area contributed by atoms with E-state index in [4.69, 9.17) is 9.47 Å². The van der Waals surface area contributed by atoms with E-state index < -0.39 is 0 Å². The van der Waals surface area contributed by atoms with Gasteiger partial charge in [0, 0.05) is 13.1 Å². The summed E-state index contributed by atoms with van der Waals surface area (Å²) < 4.78 is 11.1. The van der Waals surface area contributed by atoms with Gasteiger partial charge in [-0.3, -0.25) is 4.79 Å². The van der Waals surface area contributed by atoms with Gasteiger partial charge in [-0.05, 0) is 53.1 Å². The number of benzene rings is 4. The lowest BCUT2D eigenvalue weighted by molar-refractivity contribution is -0.134. The summed E-state index contributed by atoms with van der Waals surface area (Å²) in [4.78, 5) is 15.1. The maximum absolute atomic E-state index is 13.2. The van der Waals surface area contributed by atoms with Crippen molar-refractivity contribution in [3.63, 3.8) is 0 Å². The van der Waals surface area contributed by atoms with Gasteiger partial charge in [0.1, 0.15) is 11.5 Å². The molecule has 162 valence electrons. The van der Waals surface area contributed by atoms with Crippen molar-refractivity contribution in [1.82, 2.24) is 4.90 Å². The second-order valence-corrected chi connectivity index (χ2v) is 7.84. The summed E-state index contributed by atoms with van der Waals surface area (Å²) in [5.74, 6) is 1.43. The monoisotopic (exact) mass is 425 g/mol. The highest BCUT2D eigenvalue weighted by Gasteiger charge is 2.17. The number of nitrogens with zero attached hydrogens (tertiary/aromatic N) is 1. The van der Waals surface area contributed by atoms with E-state index in [1.54, 1.807) is 7.11 Å². The smallest absolute Gasteiger partial charge is 0.261 e. The maximum Gasteiger partial charge on any atom is 0.261 e. The minimum absolute atomic E-state index is 0.00994. The minimum atomic E-state index is -0.0608. The summed E-state index contributed by atoms with van der Waals surface area (Å²) in [5.41, 5.74) is 3.30. The zero-order valence-corrected chi connectivity index (χ0v) is 18.5. The van der Waals surface area contributed by atoms with E-state index in [0.29, 0.717) is 18.8 Å². The summed E-state index contributed by atoms with van der Waals surface area (Å²) in [7, 11) is 1.65. The number of amides is 1. The molecule has 4 rings (SSSR count). The zero-order valence-electron chi connectivity index (χ0n) is 18.5. The Kier molecular flexibility index (Phi) is 6.71. The molecule has 0 aliphatic heterocycles. The zero-order chi connectivity index (χ0) is 22.3. The highest BCUT2D eigenvalue weighted by molar-refractivity contribution is 5.86. The van der Waals surface area contributed by atoms with Gasteiger partial charge >= 0.3 is 0 Å². The number of rotatable bonds is 8.